The molecule has 1 saturated heterocycles. The Morgan fingerprint density at radius 1 is 1.12 bits per heavy atom. The van der Waals surface area contributed by atoms with Crippen LogP contribution in [0.1, 0.15) is 32.4 Å². The first-order valence-electron chi connectivity index (χ1n) is 8.50. The molecule has 0 radical (unpaired) electrons. The van der Waals surface area contributed by atoms with Gasteiger partial charge >= 0.3 is 12.1 Å². The molecule has 0 N–H and O–H groups in total. The summed E-state index contributed by atoms with van der Waals surface area (Å²) in [6, 6.07) is 12.9. The van der Waals surface area contributed by atoms with E-state index in [4.69, 9.17) is 9.47 Å². The van der Waals surface area contributed by atoms with Crippen molar-refractivity contribution < 1.29 is 19.1 Å². The molecular weight excluding hydrogens is 318 g/mol. The van der Waals surface area contributed by atoms with Crippen molar-refractivity contribution in [2.75, 3.05) is 7.11 Å². The van der Waals surface area contributed by atoms with Gasteiger partial charge in [-0.15, -0.1) is 0 Å². The third kappa shape index (κ3) is 2.95. The topological polar surface area (TPSA) is 55.8 Å². The molecule has 2 aromatic carbocycles. The van der Waals surface area contributed by atoms with Gasteiger partial charge in [-0.05, 0) is 29.2 Å². The second-order valence-electron chi connectivity index (χ2n) is 6.71. The maximum absolute atomic E-state index is 12.6. The maximum atomic E-state index is 12.6. The van der Waals surface area contributed by atoms with Crippen molar-refractivity contribution in [2.24, 2.45) is 5.92 Å². The van der Waals surface area contributed by atoms with Crippen molar-refractivity contribution in [3.05, 3.63) is 48.0 Å². The number of amides is 1. The molecule has 132 valence electrons. The predicted octanol–water partition coefficient (Wildman–Crippen LogP) is 3.92. The average Bonchev–Trinajstić information content (AvgIpc) is 2.97. The molecule has 0 aliphatic carbocycles. The standard InChI is InChI=1S/C20H23NO4/c1-12(2)18-17(19(22)24-4)21(20(23)25-18)13(3)15-11-7-9-14-8-5-6-10-16(14)15/h5-13,17-18H,1-4H3/t13-,17?,18?/m1/s1. The summed E-state index contributed by atoms with van der Waals surface area (Å²) in [5.74, 6) is -0.436. The second kappa shape index (κ2) is 6.75. The van der Waals surface area contributed by atoms with Crippen molar-refractivity contribution in [3.8, 4) is 0 Å². The SMILES string of the molecule is COC(=O)C1C(C(C)C)OC(=O)N1[C@H](C)c1cccc2ccccc12. The Morgan fingerprint density at radius 2 is 1.80 bits per heavy atom. The number of ether oxygens (including phenoxy) is 2. The summed E-state index contributed by atoms with van der Waals surface area (Å²) in [7, 11) is 1.34. The van der Waals surface area contributed by atoms with Crippen molar-refractivity contribution in [1.82, 2.24) is 4.90 Å². The number of methoxy groups -OCH3 is 1. The lowest BCUT2D eigenvalue weighted by Crippen LogP contribution is -2.46. The first kappa shape index (κ1) is 17.3. The fraction of sp³-hybridized carbons (Fsp3) is 0.400. The van der Waals surface area contributed by atoms with E-state index in [2.05, 4.69) is 0 Å². The Morgan fingerprint density at radius 3 is 2.48 bits per heavy atom. The number of hydrogen-bond donors (Lipinski definition) is 0. The summed E-state index contributed by atoms with van der Waals surface area (Å²) >= 11 is 0. The highest BCUT2D eigenvalue weighted by molar-refractivity contribution is 5.88. The van der Waals surface area contributed by atoms with Crippen LogP contribution < -0.4 is 0 Å². The number of benzene rings is 2. The Labute approximate surface area is 147 Å². The number of fused-ring (bicyclic) bond motifs is 1. The Hall–Kier alpha value is -2.56. The Kier molecular flexibility index (Phi) is 4.66. The van der Waals surface area contributed by atoms with Crippen molar-refractivity contribution in [1.29, 1.82) is 0 Å². The van der Waals surface area contributed by atoms with Gasteiger partial charge in [-0.3, -0.25) is 4.90 Å². The van der Waals surface area contributed by atoms with Gasteiger partial charge in [-0.1, -0.05) is 56.3 Å². The van der Waals surface area contributed by atoms with E-state index < -0.39 is 24.2 Å². The Balaban J connectivity index is 2.05. The summed E-state index contributed by atoms with van der Waals surface area (Å²) in [5.41, 5.74) is 0.980. The van der Waals surface area contributed by atoms with E-state index in [0.29, 0.717) is 0 Å². The number of carbonyl (C=O) groups is 2. The van der Waals surface area contributed by atoms with Crippen LogP contribution in [0.15, 0.2) is 42.5 Å². The van der Waals surface area contributed by atoms with Crippen molar-refractivity contribution in [2.45, 2.75) is 39.0 Å². The molecule has 5 nitrogen and oxygen atoms in total. The molecule has 1 heterocycles. The van der Waals surface area contributed by atoms with Crippen LogP contribution in [0.4, 0.5) is 4.79 Å². The maximum Gasteiger partial charge on any atom is 0.411 e. The quantitative estimate of drug-likeness (QED) is 0.791. The minimum atomic E-state index is -0.744. The minimum absolute atomic E-state index is 0.0118. The van der Waals surface area contributed by atoms with Gasteiger partial charge in [0.05, 0.1) is 13.2 Å². The predicted molar refractivity (Wildman–Crippen MR) is 95.1 cm³/mol. The van der Waals surface area contributed by atoms with Gasteiger partial charge in [0, 0.05) is 0 Å². The van der Waals surface area contributed by atoms with E-state index in [0.717, 1.165) is 16.3 Å². The Bertz CT molecular complexity index is 796. The molecule has 5 heteroatoms. The molecule has 3 rings (SSSR count). The number of carbonyl (C=O) groups excluding carboxylic acids is 2. The lowest BCUT2D eigenvalue weighted by Gasteiger charge is -2.29. The third-order valence-electron chi connectivity index (χ3n) is 4.85. The van der Waals surface area contributed by atoms with Gasteiger partial charge < -0.3 is 9.47 Å². The van der Waals surface area contributed by atoms with E-state index in [1.807, 2.05) is 63.2 Å². The van der Waals surface area contributed by atoms with Gasteiger partial charge in [0.1, 0.15) is 6.10 Å². The average molecular weight is 341 g/mol. The highest BCUT2D eigenvalue weighted by atomic mass is 16.6. The van der Waals surface area contributed by atoms with Crippen molar-refractivity contribution in [3.63, 3.8) is 0 Å². The highest BCUT2D eigenvalue weighted by Crippen LogP contribution is 2.36. The van der Waals surface area contributed by atoms with Crippen LogP contribution in [0.5, 0.6) is 0 Å². The molecular formula is C20H23NO4. The zero-order valence-electron chi connectivity index (χ0n) is 14.9. The summed E-state index contributed by atoms with van der Waals surface area (Å²) in [6.45, 7) is 5.78. The first-order valence-corrected chi connectivity index (χ1v) is 8.50. The smallest absolute Gasteiger partial charge is 0.411 e. The van der Waals surface area contributed by atoms with Crippen LogP contribution in [0.3, 0.4) is 0 Å². The van der Waals surface area contributed by atoms with Gasteiger partial charge in [-0.25, -0.2) is 9.59 Å². The van der Waals surface area contributed by atoms with E-state index in [9.17, 15) is 9.59 Å². The summed E-state index contributed by atoms with van der Waals surface area (Å²) in [4.78, 5) is 26.5. The van der Waals surface area contributed by atoms with E-state index in [1.54, 1.807) is 0 Å². The van der Waals surface area contributed by atoms with Crippen molar-refractivity contribution >= 4 is 22.8 Å². The monoisotopic (exact) mass is 341 g/mol. The van der Waals surface area contributed by atoms with Crippen LogP contribution >= 0.6 is 0 Å². The fourth-order valence-corrected chi connectivity index (χ4v) is 3.55. The van der Waals surface area contributed by atoms with Crippen LogP contribution in [0.25, 0.3) is 10.8 Å². The molecule has 2 aromatic rings. The highest BCUT2D eigenvalue weighted by Gasteiger charge is 2.50. The largest absolute Gasteiger partial charge is 0.467 e. The number of hydrogen-bond acceptors (Lipinski definition) is 4. The minimum Gasteiger partial charge on any atom is -0.467 e. The van der Waals surface area contributed by atoms with E-state index >= 15 is 0 Å². The molecule has 2 unspecified atom stereocenters. The molecule has 1 fully saturated rings. The van der Waals surface area contributed by atoms with Gasteiger partial charge in [-0.2, -0.15) is 0 Å². The van der Waals surface area contributed by atoms with Crippen LogP contribution in [0, 0.1) is 5.92 Å². The molecule has 1 amide bonds. The van der Waals surface area contributed by atoms with Gasteiger partial charge in [0.25, 0.3) is 0 Å². The first-order chi connectivity index (χ1) is 12.0. The van der Waals surface area contributed by atoms with Crippen LogP contribution in [0.2, 0.25) is 0 Å². The molecule has 0 bridgehead atoms. The molecule has 0 spiro atoms. The van der Waals surface area contributed by atoms with E-state index in [-0.39, 0.29) is 12.0 Å². The number of rotatable bonds is 4. The van der Waals surface area contributed by atoms with Gasteiger partial charge in [0.2, 0.25) is 0 Å². The number of cyclic esters (lactones) is 1. The molecule has 25 heavy (non-hydrogen) atoms. The third-order valence-corrected chi connectivity index (χ3v) is 4.85. The second-order valence-corrected chi connectivity index (χ2v) is 6.71. The summed E-state index contributed by atoms with van der Waals surface area (Å²) in [5, 5.41) is 2.15. The fourth-order valence-electron chi connectivity index (χ4n) is 3.55. The number of esters is 1. The lowest BCUT2D eigenvalue weighted by atomic mass is 9.95. The zero-order valence-corrected chi connectivity index (χ0v) is 14.9. The van der Waals surface area contributed by atoms with Crippen LogP contribution in [-0.4, -0.2) is 36.2 Å². The zero-order chi connectivity index (χ0) is 18.1. The van der Waals surface area contributed by atoms with E-state index in [1.165, 1.54) is 12.0 Å². The van der Waals surface area contributed by atoms with Gasteiger partial charge in [0.15, 0.2) is 6.04 Å². The lowest BCUT2D eigenvalue weighted by molar-refractivity contribution is -0.147. The molecule has 3 atom stereocenters. The number of nitrogens with zero attached hydrogens (tertiary/aromatic N) is 1. The molecule has 1 aliphatic heterocycles. The normalized spacial score (nSPS) is 21.5. The molecule has 1 aliphatic rings. The summed E-state index contributed by atoms with van der Waals surface area (Å²) < 4.78 is 10.5. The summed E-state index contributed by atoms with van der Waals surface area (Å²) in [6.07, 6.45) is -0.994. The molecule has 0 aromatic heterocycles. The molecule has 0 saturated carbocycles. The van der Waals surface area contributed by atoms with Crippen LogP contribution in [-0.2, 0) is 14.3 Å².